The van der Waals surface area contributed by atoms with Crippen LogP contribution in [0.3, 0.4) is 0 Å². The normalized spacial score (nSPS) is 17.1. The van der Waals surface area contributed by atoms with E-state index < -0.39 is 11.6 Å². The first-order valence-electron chi connectivity index (χ1n) is 11.7. The quantitative estimate of drug-likeness (QED) is 0.376. The molecular weight excluding hydrogens is 512 g/mol. The number of aromatic nitrogens is 3. The number of fused-ring (bicyclic) bond motifs is 2. The third kappa shape index (κ3) is 3.78. The minimum absolute atomic E-state index is 0.0486. The summed E-state index contributed by atoms with van der Waals surface area (Å²) < 4.78 is 36.1. The van der Waals surface area contributed by atoms with Gasteiger partial charge < -0.3 is 20.3 Å². The van der Waals surface area contributed by atoms with Gasteiger partial charge in [0, 0.05) is 36.8 Å². The second-order valence-electron chi connectivity index (χ2n) is 8.91. The van der Waals surface area contributed by atoms with E-state index in [4.69, 9.17) is 10.5 Å². The standard InChI is InChI=1S/C26H23F2N7O2S/c1-5-18(36)35-9-8-17(12(35)2)34(3)25-15-11-31-21(20(28)22(15)32-26(33-25)37-4)13-6-7-16(27)23-19(13)14(10-29)24(30)38-23/h5-7,11-12,17H,1,8-9,30H2,2-4H3/t12-,17-/m1/s1. The third-order valence-corrected chi connectivity index (χ3v) is 8.04. The first-order chi connectivity index (χ1) is 18.2. The molecule has 5 rings (SSSR count). The number of anilines is 2. The van der Waals surface area contributed by atoms with Crippen molar-refractivity contribution in [3.05, 3.63) is 48.2 Å². The molecule has 0 spiro atoms. The number of likely N-dealkylation sites (tertiary alicyclic amines) is 1. The number of nitrogens with zero attached hydrogens (tertiary/aromatic N) is 6. The van der Waals surface area contributed by atoms with Gasteiger partial charge in [0.25, 0.3) is 0 Å². The minimum atomic E-state index is -0.776. The lowest BCUT2D eigenvalue weighted by molar-refractivity contribution is -0.126. The number of hydrogen-bond donors (Lipinski definition) is 1. The SMILES string of the molecule is C=CC(=O)N1CC[C@@H](N(C)c2nc(OC)nc3c(F)c(-c4ccc(F)c5sc(N)c(C#N)c45)ncc23)[C@H]1C. The van der Waals surface area contributed by atoms with Crippen molar-refractivity contribution in [1.29, 1.82) is 5.26 Å². The van der Waals surface area contributed by atoms with Gasteiger partial charge in [-0.1, -0.05) is 6.58 Å². The maximum Gasteiger partial charge on any atom is 0.318 e. The van der Waals surface area contributed by atoms with Crippen molar-refractivity contribution in [1.82, 2.24) is 19.9 Å². The van der Waals surface area contributed by atoms with Gasteiger partial charge in [0.15, 0.2) is 5.82 Å². The maximum atomic E-state index is 16.2. The number of halogens is 2. The lowest BCUT2D eigenvalue weighted by atomic mass is 10.0. The number of nitriles is 1. The molecule has 2 N–H and O–H groups in total. The summed E-state index contributed by atoms with van der Waals surface area (Å²) in [7, 11) is 3.19. The van der Waals surface area contributed by atoms with Gasteiger partial charge in [-0.3, -0.25) is 9.78 Å². The van der Waals surface area contributed by atoms with Crippen LogP contribution < -0.4 is 15.4 Å². The molecule has 0 saturated carbocycles. The second kappa shape index (κ2) is 9.50. The Hall–Kier alpha value is -4.37. The fourth-order valence-corrected chi connectivity index (χ4v) is 6.04. The van der Waals surface area contributed by atoms with Gasteiger partial charge >= 0.3 is 6.01 Å². The average molecular weight is 536 g/mol. The zero-order valence-electron chi connectivity index (χ0n) is 20.8. The summed E-state index contributed by atoms with van der Waals surface area (Å²) in [5.41, 5.74) is 6.08. The number of nitrogen functional groups attached to an aromatic ring is 1. The van der Waals surface area contributed by atoms with Gasteiger partial charge in [0.05, 0.1) is 28.8 Å². The van der Waals surface area contributed by atoms with E-state index in [1.54, 1.807) is 4.90 Å². The Kier molecular flexibility index (Phi) is 6.32. The highest BCUT2D eigenvalue weighted by molar-refractivity contribution is 7.23. The highest BCUT2D eigenvalue weighted by Gasteiger charge is 2.37. The number of pyridine rings is 1. The zero-order valence-corrected chi connectivity index (χ0v) is 21.6. The van der Waals surface area contributed by atoms with Crippen LogP contribution >= 0.6 is 11.3 Å². The summed E-state index contributed by atoms with van der Waals surface area (Å²) in [6.07, 6.45) is 3.40. The van der Waals surface area contributed by atoms with Crippen molar-refractivity contribution < 1.29 is 18.3 Å². The molecule has 194 valence electrons. The first-order valence-corrected chi connectivity index (χ1v) is 12.5. The molecule has 1 aromatic carbocycles. The lowest BCUT2D eigenvalue weighted by Crippen LogP contribution is -2.43. The molecule has 3 aromatic heterocycles. The smallest absolute Gasteiger partial charge is 0.318 e. The Balaban J connectivity index is 1.68. The summed E-state index contributed by atoms with van der Waals surface area (Å²) in [4.78, 5) is 29.0. The van der Waals surface area contributed by atoms with E-state index in [1.807, 2.05) is 24.9 Å². The molecule has 0 radical (unpaired) electrons. The van der Waals surface area contributed by atoms with Crippen LogP contribution in [0.5, 0.6) is 6.01 Å². The van der Waals surface area contributed by atoms with Crippen molar-refractivity contribution in [2.24, 2.45) is 0 Å². The molecule has 1 aliphatic rings. The van der Waals surface area contributed by atoms with Crippen molar-refractivity contribution >= 4 is 49.1 Å². The van der Waals surface area contributed by atoms with E-state index in [0.29, 0.717) is 24.2 Å². The van der Waals surface area contributed by atoms with Gasteiger partial charge in [-0.15, -0.1) is 11.3 Å². The predicted molar refractivity (Wildman–Crippen MR) is 142 cm³/mol. The molecule has 0 unspecified atom stereocenters. The largest absolute Gasteiger partial charge is 0.467 e. The number of carbonyl (C=O) groups excluding carboxylic acids is 1. The van der Waals surface area contributed by atoms with Crippen LogP contribution in [0, 0.1) is 23.0 Å². The van der Waals surface area contributed by atoms with Gasteiger partial charge in [0.1, 0.15) is 33.9 Å². The molecule has 0 bridgehead atoms. The summed E-state index contributed by atoms with van der Waals surface area (Å²) in [5.74, 6) is -1.11. The first kappa shape index (κ1) is 25.3. The topological polar surface area (TPSA) is 121 Å². The minimum Gasteiger partial charge on any atom is -0.467 e. The summed E-state index contributed by atoms with van der Waals surface area (Å²) in [6, 6.07) is 4.23. The second-order valence-corrected chi connectivity index (χ2v) is 9.96. The monoisotopic (exact) mass is 535 g/mol. The Morgan fingerprint density at radius 3 is 2.84 bits per heavy atom. The lowest BCUT2D eigenvalue weighted by Gasteiger charge is -2.31. The number of methoxy groups -OCH3 is 1. The van der Waals surface area contributed by atoms with E-state index >= 15 is 4.39 Å². The van der Waals surface area contributed by atoms with Gasteiger partial charge in [-0.2, -0.15) is 15.2 Å². The van der Waals surface area contributed by atoms with Crippen LogP contribution in [-0.4, -0.2) is 58.5 Å². The van der Waals surface area contributed by atoms with E-state index in [9.17, 15) is 14.4 Å². The van der Waals surface area contributed by atoms with Gasteiger partial charge in [0.2, 0.25) is 5.91 Å². The molecule has 4 heterocycles. The van der Waals surface area contributed by atoms with Crippen LogP contribution in [-0.2, 0) is 4.79 Å². The molecule has 4 aromatic rings. The zero-order chi connectivity index (χ0) is 27.3. The van der Waals surface area contributed by atoms with E-state index in [1.165, 1.54) is 31.5 Å². The molecule has 1 amide bonds. The number of ether oxygens (including phenoxy) is 1. The van der Waals surface area contributed by atoms with Crippen LogP contribution in [0.2, 0.25) is 0 Å². The Bertz CT molecular complexity index is 1670. The summed E-state index contributed by atoms with van der Waals surface area (Å²) in [5, 5.41) is 10.3. The molecule has 0 aliphatic carbocycles. The highest BCUT2D eigenvalue weighted by atomic mass is 32.1. The molecule has 12 heteroatoms. The molecule has 2 atom stereocenters. The number of nitrogens with two attached hydrogens (primary N) is 1. The molecular formula is C26H23F2N7O2S. The van der Waals surface area contributed by atoms with E-state index in [-0.39, 0.29) is 61.4 Å². The number of hydrogen-bond acceptors (Lipinski definition) is 9. The number of amides is 1. The third-order valence-electron chi connectivity index (χ3n) is 7.01. The molecule has 38 heavy (non-hydrogen) atoms. The van der Waals surface area contributed by atoms with Gasteiger partial charge in [-0.05, 0) is 31.6 Å². The van der Waals surface area contributed by atoms with Gasteiger partial charge in [-0.25, -0.2) is 8.78 Å². The summed E-state index contributed by atoms with van der Waals surface area (Å²) in [6.45, 7) is 6.06. The fraction of sp³-hybridized carbons (Fsp3) is 0.269. The van der Waals surface area contributed by atoms with Crippen molar-refractivity contribution in [2.45, 2.75) is 25.4 Å². The van der Waals surface area contributed by atoms with Crippen LogP contribution in [0.25, 0.3) is 32.2 Å². The number of thiophene rings is 1. The Morgan fingerprint density at radius 1 is 1.39 bits per heavy atom. The van der Waals surface area contributed by atoms with Crippen molar-refractivity contribution in [2.75, 3.05) is 31.3 Å². The highest BCUT2D eigenvalue weighted by Crippen LogP contribution is 2.42. The average Bonchev–Trinajstić information content (AvgIpc) is 3.47. The maximum absolute atomic E-state index is 16.2. The molecule has 1 aliphatic heterocycles. The number of rotatable bonds is 5. The molecule has 1 fully saturated rings. The van der Waals surface area contributed by atoms with Crippen molar-refractivity contribution in [3.8, 4) is 23.3 Å². The van der Waals surface area contributed by atoms with E-state index in [0.717, 1.165) is 11.3 Å². The van der Waals surface area contributed by atoms with Crippen LogP contribution in [0.15, 0.2) is 31.0 Å². The van der Waals surface area contributed by atoms with E-state index in [2.05, 4.69) is 21.5 Å². The Labute approximate surface area is 220 Å². The molecule has 9 nitrogen and oxygen atoms in total. The Morgan fingerprint density at radius 2 is 2.16 bits per heavy atom. The number of benzene rings is 1. The summed E-state index contributed by atoms with van der Waals surface area (Å²) >= 11 is 0.922. The fourth-order valence-electron chi connectivity index (χ4n) is 5.09. The molecule has 1 saturated heterocycles. The van der Waals surface area contributed by atoms with Crippen molar-refractivity contribution in [3.63, 3.8) is 0 Å². The number of carbonyl (C=O) groups is 1. The predicted octanol–water partition coefficient (Wildman–Crippen LogP) is 4.26. The van der Waals surface area contributed by atoms with Crippen LogP contribution in [0.1, 0.15) is 18.9 Å². The number of likely N-dealkylation sites (N-methyl/N-ethyl adjacent to an activating group) is 1. The van der Waals surface area contributed by atoms with Crippen LogP contribution in [0.4, 0.5) is 19.6 Å².